The summed E-state index contributed by atoms with van der Waals surface area (Å²) < 4.78 is 5.69. The molecule has 0 aromatic heterocycles. The summed E-state index contributed by atoms with van der Waals surface area (Å²) in [5.74, 6) is 1.54. The lowest BCUT2D eigenvalue weighted by atomic mass is 10.1. The number of nitrogens with zero attached hydrogens (tertiary/aromatic N) is 5. The minimum Gasteiger partial charge on any atom is -0.494 e. The van der Waals surface area contributed by atoms with E-state index < -0.39 is 0 Å². The van der Waals surface area contributed by atoms with Crippen molar-refractivity contribution in [2.24, 2.45) is 4.99 Å². The topological polar surface area (TPSA) is 80.7 Å². The van der Waals surface area contributed by atoms with E-state index in [-0.39, 0.29) is 11.8 Å². The number of anilines is 2. The molecule has 182 valence electrons. The van der Waals surface area contributed by atoms with Gasteiger partial charge in [0.2, 0.25) is 11.9 Å². The van der Waals surface area contributed by atoms with Gasteiger partial charge in [-0.2, -0.15) is 0 Å². The molecule has 2 bridgehead atoms. The van der Waals surface area contributed by atoms with Gasteiger partial charge >= 0.3 is 0 Å². The Balaban J connectivity index is 1.29. The Kier molecular flexibility index (Phi) is 6.31. The zero-order valence-corrected chi connectivity index (χ0v) is 20.1. The Morgan fingerprint density at radius 2 is 1.83 bits per heavy atom. The Hall–Kier alpha value is -4.01. The van der Waals surface area contributed by atoms with E-state index in [0.29, 0.717) is 37.0 Å². The summed E-state index contributed by atoms with van der Waals surface area (Å²) in [5.41, 5.74) is 3.64. The van der Waals surface area contributed by atoms with Crippen molar-refractivity contribution in [3.63, 3.8) is 0 Å². The Labute approximate surface area is 205 Å². The number of piperazine rings is 1. The highest BCUT2D eigenvalue weighted by atomic mass is 16.5. The first-order chi connectivity index (χ1) is 17.0. The summed E-state index contributed by atoms with van der Waals surface area (Å²) in [6, 6.07) is 16.1. The average molecular weight is 475 g/mol. The fourth-order valence-electron chi connectivity index (χ4n) is 4.67. The van der Waals surface area contributed by atoms with Crippen LogP contribution in [0.2, 0.25) is 0 Å². The van der Waals surface area contributed by atoms with E-state index >= 15 is 0 Å². The molecule has 0 radical (unpaired) electrons. The van der Waals surface area contributed by atoms with Crippen LogP contribution in [0.25, 0.3) is 0 Å². The standard InChI is InChI=1S/C26H30N6O3/c1-19(33)29-10-12-30(13-11-29)22-8-9-23(24(14-22)35-2)28-26-27-15-21-17-32(26)18-31(25(21)34)16-20-6-4-3-5-7-20/h3-9,14-15H,10-13,16-18H2,1-2H3,(H,27,28). The van der Waals surface area contributed by atoms with Crippen molar-refractivity contribution in [1.82, 2.24) is 14.7 Å². The first kappa shape index (κ1) is 22.8. The fourth-order valence-corrected chi connectivity index (χ4v) is 4.67. The molecule has 2 aromatic rings. The summed E-state index contributed by atoms with van der Waals surface area (Å²) in [5, 5.41) is 3.40. The molecule has 1 N–H and O–H groups in total. The van der Waals surface area contributed by atoms with E-state index in [9.17, 15) is 9.59 Å². The van der Waals surface area contributed by atoms with E-state index in [1.807, 2.05) is 52.3 Å². The molecular weight excluding hydrogens is 444 g/mol. The van der Waals surface area contributed by atoms with Gasteiger partial charge < -0.3 is 29.7 Å². The maximum absolute atomic E-state index is 12.8. The fraction of sp³-hybridized carbons (Fsp3) is 0.346. The molecule has 0 saturated carbocycles. The lowest BCUT2D eigenvalue weighted by molar-refractivity contribution is -0.131. The second-order valence-corrected chi connectivity index (χ2v) is 8.94. The van der Waals surface area contributed by atoms with Crippen LogP contribution in [-0.4, -0.2) is 79.0 Å². The highest BCUT2D eigenvalue weighted by molar-refractivity contribution is 6.02. The van der Waals surface area contributed by atoms with Gasteiger partial charge in [0.25, 0.3) is 5.91 Å². The number of methoxy groups -OCH3 is 1. The predicted octanol–water partition coefficient (Wildman–Crippen LogP) is 2.33. The molecule has 2 amide bonds. The maximum atomic E-state index is 12.8. The number of ether oxygens (including phenoxy) is 1. The number of carbonyl (C=O) groups excluding carboxylic acids is 2. The number of amides is 2. The van der Waals surface area contributed by atoms with Crippen LogP contribution in [0.5, 0.6) is 5.75 Å². The molecule has 0 unspecified atom stereocenters. The van der Waals surface area contributed by atoms with Crippen molar-refractivity contribution >= 4 is 29.1 Å². The molecular formula is C26H30N6O3. The summed E-state index contributed by atoms with van der Waals surface area (Å²) >= 11 is 0. The minimum absolute atomic E-state index is 0.0275. The smallest absolute Gasteiger partial charge is 0.254 e. The third-order valence-electron chi connectivity index (χ3n) is 6.64. The zero-order valence-electron chi connectivity index (χ0n) is 20.1. The van der Waals surface area contributed by atoms with E-state index in [2.05, 4.69) is 26.2 Å². The minimum atomic E-state index is 0.0275. The molecule has 0 spiro atoms. The highest BCUT2D eigenvalue weighted by Crippen LogP contribution is 2.31. The molecule has 0 aliphatic carbocycles. The Morgan fingerprint density at radius 3 is 2.54 bits per heavy atom. The highest BCUT2D eigenvalue weighted by Gasteiger charge is 2.32. The van der Waals surface area contributed by atoms with Crippen LogP contribution in [-0.2, 0) is 16.1 Å². The van der Waals surface area contributed by atoms with Crippen LogP contribution < -0.4 is 15.0 Å². The van der Waals surface area contributed by atoms with Crippen molar-refractivity contribution in [2.75, 3.05) is 56.7 Å². The molecule has 3 aliphatic heterocycles. The lowest BCUT2D eigenvalue weighted by Gasteiger charge is -2.40. The van der Waals surface area contributed by atoms with Crippen molar-refractivity contribution in [1.29, 1.82) is 0 Å². The molecule has 35 heavy (non-hydrogen) atoms. The number of nitrogens with one attached hydrogen (secondary N) is 1. The second kappa shape index (κ2) is 9.69. The van der Waals surface area contributed by atoms with Crippen LogP contribution in [0.3, 0.4) is 0 Å². The van der Waals surface area contributed by atoms with Crippen LogP contribution in [0.4, 0.5) is 11.4 Å². The second-order valence-electron chi connectivity index (χ2n) is 8.94. The van der Waals surface area contributed by atoms with E-state index in [1.165, 1.54) is 0 Å². The van der Waals surface area contributed by atoms with Gasteiger partial charge in [-0.3, -0.25) is 9.59 Å². The van der Waals surface area contributed by atoms with Crippen LogP contribution in [0.15, 0.2) is 65.3 Å². The van der Waals surface area contributed by atoms with Gasteiger partial charge in [-0.25, -0.2) is 4.99 Å². The summed E-state index contributed by atoms with van der Waals surface area (Å²) in [7, 11) is 1.65. The van der Waals surface area contributed by atoms with Gasteiger partial charge in [0, 0.05) is 57.6 Å². The van der Waals surface area contributed by atoms with Gasteiger partial charge in [-0.1, -0.05) is 30.3 Å². The van der Waals surface area contributed by atoms with Gasteiger partial charge in [-0.15, -0.1) is 0 Å². The first-order valence-corrected chi connectivity index (χ1v) is 11.8. The van der Waals surface area contributed by atoms with Crippen LogP contribution in [0.1, 0.15) is 12.5 Å². The van der Waals surface area contributed by atoms with E-state index in [1.54, 1.807) is 20.2 Å². The first-order valence-electron chi connectivity index (χ1n) is 11.8. The van der Waals surface area contributed by atoms with E-state index in [0.717, 1.165) is 43.1 Å². The van der Waals surface area contributed by atoms with Gasteiger partial charge in [0.05, 0.1) is 31.6 Å². The monoisotopic (exact) mass is 474 g/mol. The lowest BCUT2D eigenvalue weighted by Crippen LogP contribution is -2.54. The molecule has 3 heterocycles. The molecule has 5 rings (SSSR count). The van der Waals surface area contributed by atoms with Crippen molar-refractivity contribution in [3.05, 3.63) is 65.9 Å². The number of fused-ring (bicyclic) bond motifs is 2. The third kappa shape index (κ3) is 4.80. The van der Waals surface area contributed by atoms with Crippen LogP contribution in [0, 0.1) is 0 Å². The number of rotatable bonds is 5. The molecule has 3 aliphatic rings. The summed E-state index contributed by atoms with van der Waals surface area (Å²) in [6.45, 7) is 6.16. The molecule has 0 atom stereocenters. The number of carbonyl (C=O) groups is 2. The predicted molar refractivity (Wildman–Crippen MR) is 135 cm³/mol. The molecule has 2 saturated heterocycles. The largest absolute Gasteiger partial charge is 0.494 e. The molecule has 2 aromatic carbocycles. The number of aliphatic imine (C=N–C) groups is 1. The van der Waals surface area contributed by atoms with E-state index in [4.69, 9.17) is 4.74 Å². The maximum Gasteiger partial charge on any atom is 0.254 e. The Morgan fingerprint density at radius 1 is 1.06 bits per heavy atom. The molecule has 9 heteroatoms. The summed E-state index contributed by atoms with van der Waals surface area (Å²) in [4.78, 5) is 37.0. The van der Waals surface area contributed by atoms with Gasteiger partial charge in [-0.05, 0) is 17.7 Å². The van der Waals surface area contributed by atoms with Crippen molar-refractivity contribution in [2.45, 2.75) is 13.5 Å². The molecule has 9 nitrogen and oxygen atoms in total. The zero-order chi connectivity index (χ0) is 24.4. The SMILES string of the molecule is COc1cc(N2CCN(C(C)=O)CC2)ccc1NC1=NC=C2CN1CN(Cc1ccccc1)C2=O. The number of hydrogen-bond donors (Lipinski definition) is 1. The quantitative estimate of drug-likeness (QED) is 0.717. The van der Waals surface area contributed by atoms with Gasteiger partial charge in [0.1, 0.15) is 5.75 Å². The third-order valence-corrected chi connectivity index (χ3v) is 6.64. The van der Waals surface area contributed by atoms with Crippen molar-refractivity contribution in [3.8, 4) is 5.75 Å². The Bertz CT molecular complexity index is 1170. The number of benzene rings is 2. The molecule has 2 fully saturated rings. The average Bonchev–Trinajstić information content (AvgIpc) is 2.89. The summed E-state index contributed by atoms with van der Waals surface area (Å²) in [6.07, 6.45) is 1.66. The number of hydrogen-bond acceptors (Lipinski definition) is 7. The van der Waals surface area contributed by atoms with Crippen LogP contribution >= 0.6 is 0 Å². The van der Waals surface area contributed by atoms with Gasteiger partial charge in [0.15, 0.2) is 0 Å². The van der Waals surface area contributed by atoms with Crippen molar-refractivity contribution < 1.29 is 14.3 Å². The normalized spacial score (nSPS) is 17.7. The number of guanidine groups is 1.